The molecule has 4 rings (SSSR count). The Kier molecular flexibility index (Phi) is 11.6. The molecular weight excluding hydrogens is 659 g/mol. The number of hydrogen-bond acceptors (Lipinski definition) is 7. The van der Waals surface area contributed by atoms with Crippen molar-refractivity contribution in [2.75, 3.05) is 18.8 Å². The lowest BCUT2D eigenvalue weighted by molar-refractivity contribution is -0.145. The number of rotatable bonds is 13. The highest BCUT2D eigenvalue weighted by atomic mass is 32.2. The zero-order chi connectivity index (χ0) is 37.4. The molecule has 3 unspecified atom stereocenters. The molecule has 4 aliphatic rings. The summed E-state index contributed by atoms with van der Waals surface area (Å²) < 4.78 is 25.7. The zero-order valence-corrected chi connectivity index (χ0v) is 32.3. The van der Waals surface area contributed by atoms with Crippen LogP contribution in [0.15, 0.2) is 12.7 Å². The maximum Gasteiger partial charge on any atom is 0.315 e. The van der Waals surface area contributed by atoms with Crippen molar-refractivity contribution in [3.63, 3.8) is 0 Å². The molecular formula is C37H61N5O7S. The summed E-state index contributed by atoms with van der Waals surface area (Å²) in [5.74, 6) is -2.45. The first-order valence-electron chi connectivity index (χ1n) is 18.4. The topological polar surface area (TPSA) is 171 Å². The molecule has 282 valence electrons. The van der Waals surface area contributed by atoms with E-state index in [-0.39, 0.29) is 35.5 Å². The molecule has 5 atom stereocenters. The van der Waals surface area contributed by atoms with Gasteiger partial charge in [0, 0.05) is 13.1 Å². The van der Waals surface area contributed by atoms with Gasteiger partial charge < -0.3 is 26.2 Å². The third kappa shape index (κ3) is 8.56. The van der Waals surface area contributed by atoms with Crippen molar-refractivity contribution in [2.24, 2.45) is 28.6 Å². The highest BCUT2D eigenvalue weighted by Gasteiger charge is 2.70. The second-order valence-electron chi connectivity index (χ2n) is 18.0. The first-order chi connectivity index (χ1) is 23.0. The van der Waals surface area contributed by atoms with E-state index in [4.69, 9.17) is 0 Å². The summed E-state index contributed by atoms with van der Waals surface area (Å²) >= 11 is 0. The molecule has 0 aromatic heterocycles. The van der Waals surface area contributed by atoms with Gasteiger partial charge in [-0.3, -0.25) is 19.2 Å². The van der Waals surface area contributed by atoms with Crippen molar-refractivity contribution in [3.05, 3.63) is 12.7 Å². The highest BCUT2D eigenvalue weighted by Crippen LogP contribution is 2.65. The van der Waals surface area contributed by atoms with Crippen molar-refractivity contribution in [2.45, 2.75) is 142 Å². The van der Waals surface area contributed by atoms with Crippen molar-refractivity contribution in [1.82, 2.24) is 26.2 Å². The molecule has 3 aliphatic carbocycles. The van der Waals surface area contributed by atoms with Gasteiger partial charge in [-0.2, -0.15) is 0 Å². The molecule has 13 heteroatoms. The summed E-state index contributed by atoms with van der Waals surface area (Å²) in [5.41, 5.74) is -1.93. The number of nitrogens with zero attached hydrogens (tertiary/aromatic N) is 1. The average molecular weight is 720 g/mol. The van der Waals surface area contributed by atoms with Crippen LogP contribution < -0.4 is 21.3 Å². The molecule has 1 saturated heterocycles. The normalized spacial score (nSPS) is 25.6. The van der Waals surface area contributed by atoms with Crippen LogP contribution in [0, 0.1) is 28.6 Å². The number of carbonyl (C=O) groups excluding carboxylic acids is 5. The number of hydrogen-bond donors (Lipinski definition) is 4. The Morgan fingerprint density at radius 3 is 2.08 bits per heavy atom. The lowest BCUT2D eigenvalue weighted by atomic mass is 9.80. The fourth-order valence-electron chi connectivity index (χ4n) is 8.11. The highest BCUT2D eigenvalue weighted by molar-refractivity contribution is 7.92. The molecule has 5 amide bonds. The van der Waals surface area contributed by atoms with Crippen LogP contribution in [0.4, 0.5) is 4.79 Å². The van der Waals surface area contributed by atoms with Gasteiger partial charge in [0.1, 0.15) is 12.1 Å². The number of amides is 5. The van der Waals surface area contributed by atoms with Crippen LogP contribution in [-0.4, -0.2) is 90.1 Å². The second kappa shape index (κ2) is 14.6. The molecule has 4 fully saturated rings. The van der Waals surface area contributed by atoms with Gasteiger partial charge in [-0.05, 0) is 68.6 Å². The van der Waals surface area contributed by atoms with E-state index in [0.29, 0.717) is 25.8 Å². The summed E-state index contributed by atoms with van der Waals surface area (Å²) in [6.07, 6.45) is 8.25. The Morgan fingerprint density at radius 2 is 1.56 bits per heavy atom. The third-order valence-corrected chi connectivity index (χ3v) is 14.6. The van der Waals surface area contributed by atoms with Crippen LogP contribution in [0.1, 0.15) is 113 Å². The molecule has 4 N–H and O–H groups in total. The van der Waals surface area contributed by atoms with E-state index in [1.807, 2.05) is 20.8 Å². The summed E-state index contributed by atoms with van der Waals surface area (Å²) in [7, 11) is -3.56. The molecule has 0 radical (unpaired) electrons. The molecule has 0 bridgehead atoms. The zero-order valence-electron chi connectivity index (χ0n) is 31.4. The predicted octanol–water partition coefficient (Wildman–Crippen LogP) is 3.65. The van der Waals surface area contributed by atoms with Gasteiger partial charge in [0.15, 0.2) is 9.84 Å². The van der Waals surface area contributed by atoms with Crippen LogP contribution in [0.25, 0.3) is 0 Å². The fraction of sp³-hybridized carbons (Fsp3) is 0.811. The van der Waals surface area contributed by atoms with Crippen LogP contribution in [0.3, 0.4) is 0 Å². The molecule has 0 spiro atoms. The quantitative estimate of drug-likeness (QED) is 0.166. The summed E-state index contributed by atoms with van der Waals surface area (Å²) in [4.78, 5) is 69.9. The van der Waals surface area contributed by atoms with Gasteiger partial charge in [-0.1, -0.05) is 79.2 Å². The van der Waals surface area contributed by atoms with Crippen molar-refractivity contribution >= 4 is 39.4 Å². The Hall–Kier alpha value is -2.96. The minimum atomic E-state index is -3.56. The summed E-state index contributed by atoms with van der Waals surface area (Å²) in [6, 6.07) is -3.55. The van der Waals surface area contributed by atoms with E-state index >= 15 is 0 Å². The van der Waals surface area contributed by atoms with Gasteiger partial charge >= 0.3 is 6.03 Å². The third-order valence-electron chi connectivity index (χ3n) is 11.8. The van der Waals surface area contributed by atoms with Gasteiger partial charge in [0.25, 0.3) is 5.91 Å². The Labute approximate surface area is 299 Å². The number of sulfone groups is 1. The average Bonchev–Trinajstić information content (AvgIpc) is 3.29. The Balaban J connectivity index is 1.55. The standard InChI is InChI=1S/C37H61N5O7S/c1-10-19-38-31(45)28(43)25(20-23-15-14-16-23)39-30(44)27-26-24(36(26,8)9)21-42(27)32(46)29(34(2,3)4)40-33(47)41-37(17-12-11-13-18-37)22-50(48,49)35(5,6)7/h10,23-27,29H,1,11-22H2,2-9H3,(H,38,45)(H,39,44)(H2,40,41,47)/t24?,25?,26?,27-,29+/m0/s1. The van der Waals surface area contributed by atoms with E-state index in [9.17, 15) is 32.4 Å². The molecule has 0 aromatic carbocycles. The minimum absolute atomic E-state index is 0.0569. The van der Waals surface area contributed by atoms with Crippen LogP contribution >= 0.6 is 0 Å². The number of likely N-dealkylation sites (tertiary alicyclic amines) is 1. The van der Waals surface area contributed by atoms with Crippen LogP contribution in [0.5, 0.6) is 0 Å². The van der Waals surface area contributed by atoms with Crippen LogP contribution in [-0.2, 0) is 29.0 Å². The first kappa shape index (κ1) is 39.8. The number of Topliss-reactive ketones (excluding diaryl/α,β-unsaturated/α-hetero) is 1. The number of fused-ring (bicyclic) bond motifs is 1. The summed E-state index contributed by atoms with van der Waals surface area (Å²) in [5, 5.41) is 11.3. The lowest BCUT2D eigenvalue weighted by Gasteiger charge is -2.41. The smallest absolute Gasteiger partial charge is 0.315 e. The van der Waals surface area contributed by atoms with E-state index in [2.05, 4.69) is 41.7 Å². The number of urea groups is 1. The van der Waals surface area contributed by atoms with Crippen molar-refractivity contribution in [3.8, 4) is 0 Å². The number of ketones is 1. The fourth-order valence-corrected chi connectivity index (χ4v) is 9.63. The molecule has 12 nitrogen and oxygen atoms in total. The molecule has 1 aliphatic heterocycles. The molecule has 0 aromatic rings. The van der Waals surface area contributed by atoms with Gasteiger partial charge in [0.05, 0.1) is 22.1 Å². The SMILES string of the molecule is C=CCNC(=O)C(=O)C(CC1CCC1)NC(=O)[C@@H]1C2C(CN1C(=O)[C@@H](NC(=O)NC1(CS(=O)(=O)C(C)(C)C)CCCCC1)C(C)(C)C)C2(C)C. The van der Waals surface area contributed by atoms with E-state index in [1.165, 1.54) is 11.0 Å². The van der Waals surface area contributed by atoms with Crippen molar-refractivity contribution < 1.29 is 32.4 Å². The maximum atomic E-state index is 14.5. The largest absolute Gasteiger partial charge is 0.346 e. The lowest BCUT2D eigenvalue weighted by Crippen LogP contribution is -2.64. The van der Waals surface area contributed by atoms with Crippen molar-refractivity contribution in [1.29, 1.82) is 0 Å². The summed E-state index contributed by atoms with van der Waals surface area (Å²) in [6.45, 7) is 18.6. The minimum Gasteiger partial charge on any atom is -0.346 e. The second-order valence-corrected chi connectivity index (χ2v) is 20.7. The predicted molar refractivity (Wildman–Crippen MR) is 193 cm³/mol. The monoisotopic (exact) mass is 719 g/mol. The van der Waals surface area contributed by atoms with Gasteiger partial charge in [0.2, 0.25) is 17.6 Å². The maximum absolute atomic E-state index is 14.5. The molecule has 50 heavy (non-hydrogen) atoms. The van der Waals surface area contributed by atoms with E-state index in [0.717, 1.165) is 38.5 Å². The number of piperidine rings is 1. The Morgan fingerprint density at radius 1 is 0.940 bits per heavy atom. The van der Waals surface area contributed by atoms with Gasteiger partial charge in [-0.15, -0.1) is 6.58 Å². The first-order valence-corrected chi connectivity index (χ1v) is 20.0. The van der Waals surface area contributed by atoms with Gasteiger partial charge in [-0.25, -0.2) is 13.2 Å². The number of carbonyl (C=O) groups is 5. The van der Waals surface area contributed by atoms with Crippen LogP contribution in [0.2, 0.25) is 0 Å². The molecule has 3 saturated carbocycles. The van der Waals surface area contributed by atoms with E-state index in [1.54, 1.807) is 20.8 Å². The molecule has 1 heterocycles. The number of nitrogens with one attached hydrogen (secondary N) is 4. The van der Waals surface area contributed by atoms with E-state index < -0.39 is 73.2 Å². The Bertz CT molecular complexity index is 1450.